The smallest absolute Gasteiger partial charge is 0.290 e. The summed E-state index contributed by atoms with van der Waals surface area (Å²) >= 11 is 0. The molecular formula is C10H12N4O2. The quantitative estimate of drug-likeness (QED) is 0.757. The van der Waals surface area contributed by atoms with Gasteiger partial charge in [-0.05, 0) is 12.0 Å². The van der Waals surface area contributed by atoms with Crippen LogP contribution >= 0.6 is 0 Å². The molecule has 0 amide bonds. The van der Waals surface area contributed by atoms with Gasteiger partial charge in [-0.2, -0.15) is 5.10 Å². The molecule has 0 aliphatic rings. The van der Waals surface area contributed by atoms with Gasteiger partial charge in [0.05, 0.1) is 5.69 Å². The first-order valence-electron chi connectivity index (χ1n) is 5.00. The zero-order chi connectivity index (χ0) is 11.9. The van der Waals surface area contributed by atoms with E-state index < -0.39 is 0 Å². The molecule has 2 heterocycles. The number of hydrogen-bond acceptors (Lipinski definition) is 4. The van der Waals surface area contributed by atoms with Gasteiger partial charge in [-0.3, -0.25) is 9.59 Å². The van der Waals surface area contributed by atoms with Gasteiger partial charge in [-0.25, -0.2) is 9.61 Å². The molecule has 0 atom stereocenters. The zero-order valence-corrected chi connectivity index (χ0v) is 9.31. The fourth-order valence-electron chi connectivity index (χ4n) is 1.44. The Morgan fingerprint density at radius 2 is 2.19 bits per heavy atom. The van der Waals surface area contributed by atoms with Gasteiger partial charge in [-0.1, -0.05) is 13.8 Å². The fraction of sp³-hybridized carbons (Fsp3) is 0.400. The highest BCUT2D eigenvalue weighted by Crippen LogP contribution is 2.13. The lowest BCUT2D eigenvalue weighted by molar-refractivity contribution is 0.0999. The summed E-state index contributed by atoms with van der Waals surface area (Å²) in [5, 5.41) is 10.2. The van der Waals surface area contributed by atoms with Crippen LogP contribution in [0.25, 0.3) is 5.52 Å². The number of carbonyl (C=O) groups is 1. The van der Waals surface area contributed by atoms with Crippen LogP contribution in [0.5, 0.6) is 0 Å². The number of H-pyrrole nitrogens is 1. The van der Waals surface area contributed by atoms with E-state index in [0.717, 1.165) is 5.69 Å². The van der Waals surface area contributed by atoms with Gasteiger partial charge in [0.25, 0.3) is 5.56 Å². The van der Waals surface area contributed by atoms with E-state index in [0.29, 0.717) is 5.52 Å². The molecule has 16 heavy (non-hydrogen) atoms. The predicted molar refractivity (Wildman–Crippen MR) is 57.7 cm³/mol. The number of carbonyl (C=O) groups excluding carboxylic acids is 1. The number of fused-ring (bicyclic) bond motifs is 1. The molecule has 0 aliphatic heterocycles. The molecule has 6 nitrogen and oxygen atoms in total. The van der Waals surface area contributed by atoms with Crippen LogP contribution in [0.15, 0.2) is 10.9 Å². The van der Waals surface area contributed by atoms with E-state index in [-0.39, 0.29) is 23.1 Å². The first-order chi connectivity index (χ1) is 7.50. The van der Waals surface area contributed by atoms with Crippen molar-refractivity contribution in [2.24, 2.45) is 0 Å². The van der Waals surface area contributed by atoms with E-state index in [1.165, 1.54) is 11.4 Å². The Kier molecular flexibility index (Phi) is 2.34. The minimum atomic E-state index is -0.343. The van der Waals surface area contributed by atoms with E-state index in [1.54, 1.807) is 6.07 Å². The second kappa shape index (κ2) is 3.55. The summed E-state index contributed by atoms with van der Waals surface area (Å²) in [7, 11) is 0. The molecule has 0 aliphatic carbocycles. The largest absolute Gasteiger partial charge is 0.291 e. The Bertz CT molecular complexity index is 609. The summed E-state index contributed by atoms with van der Waals surface area (Å²) < 4.78 is 1.30. The number of aromatic amines is 1. The summed E-state index contributed by atoms with van der Waals surface area (Å²) in [6.45, 7) is 5.32. The number of hydrogen-bond donors (Lipinski definition) is 1. The Labute approximate surface area is 91.3 Å². The summed E-state index contributed by atoms with van der Waals surface area (Å²) in [4.78, 5) is 22.8. The van der Waals surface area contributed by atoms with Gasteiger partial charge in [-0.15, -0.1) is 5.10 Å². The van der Waals surface area contributed by atoms with Crippen LogP contribution in [0.3, 0.4) is 0 Å². The van der Waals surface area contributed by atoms with Crippen molar-refractivity contribution in [3.8, 4) is 0 Å². The Morgan fingerprint density at radius 1 is 1.50 bits per heavy atom. The number of Topliss-reactive ketones (excluding diaryl/α,β-unsaturated/α-hetero) is 1. The maximum Gasteiger partial charge on any atom is 0.290 e. The van der Waals surface area contributed by atoms with E-state index in [9.17, 15) is 9.59 Å². The van der Waals surface area contributed by atoms with Gasteiger partial charge >= 0.3 is 0 Å². The normalized spacial score (nSPS) is 11.2. The third-order valence-electron chi connectivity index (χ3n) is 2.33. The number of ketones is 1. The third kappa shape index (κ3) is 1.52. The molecule has 1 N–H and O–H groups in total. The summed E-state index contributed by atoms with van der Waals surface area (Å²) in [5.41, 5.74) is 0.773. The minimum Gasteiger partial charge on any atom is -0.291 e. The van der Waals surface area contributed by atoms with Crippen molar-refractivity contribution >= 4 is 11.3 Å². The van der Waals surface area contributed by atoms with Crippen LogP contribution in [0.1, 0.15) is 43.0 Å². The van der Waals surface area contributed by atoms with Crippen molar-refractivity contribution < 1.29 is 4.79 Å². The van der Waals surface area contributed by atoms with Gasteiger partial charge in [0, 0.05) is 6.92 Å². The zero-order valence-electron chi connectivity index (χ0n) is 9.31. The number of rotatable bonds is 2. The van der Waals surface area contributed by atoms with E-state index >= 15 is 0 Å². The van der Waals surface area contributed by atoms with Crippen molar-refractivity contribution in [3.05, 3.63) is 27.9 Å². The number of nitrogens with one attached hydrogen (secondary N) is 1. The number of nitrogens with zero attached hydrogens (tertiary/aromatic N) is 3. The Morgan fingerprint density at radius 3 is 2.75 bits per heavy atom. The second-order valence-corrected chi connectivity index (χ2v) is 3.95. The topological polar surface area (TPSA) is 80.1 Å². The molecule has 0 bridgehead atoms. The lowest BCUT2D eigenvalue weighted by Gasteiger charge is -1.98. The first-order valence-corrected chi connectivity index (χ1v) is 5.00. The van der Waals surface area contributed by atoms with Crippen LogP contribution in [0.2, 0.25) is 0 Å². The fourth-order valence-corrected chi connectivity index (χ4v) is 1.44. The lowest BCUT2D eigenvalue weighted by Crippen LogP contribution is -2.18. The van der Waals surface area contributed by atoms with Crippen molar-refractivity contribution in [2.45, 2.75) is 26.7 Å². The molecule has 2 aromatic heterocycles. The van der Waals surface area contributed by atoms with Gasteiger partial charge in [0.15, 0.2) is 5.78 Å². The lowest BCUT2D eigenvalue weighted by atomic mass is 10.1. The van der Waals surface area contributed by atoms with E-state index in [2.05, 4.69) is 15.3 Å². The third-order valence-corrected chi connectivity index (χ3v) is 2.33. The van der Waals surface area contributed by atoms with E-state index in [1.807, 2.05) is 13.8 Å². The monoisotopic (exact) mass is 220 g/mol. The van der Waals surface area contributed by atoms with E-state index in [4.69, 9.17) is 0 Å². The molecule has 0 saturated heterocycles. The summed E-state index contributed by atoms with van der Waals surface area (Å²) in [6.07, 6.45) is 0. The van der Waals surface area contributed by atoms with Gasteiger partial charge < -0.3 is 0 Å². The minimum absolute atomic E-state index is 0.140. The second-order valence-electron chi connectivity index (χ2n) is 3.95. The predicted octanol–water partition coefficient (Wildman–Crippen LogP) is 0.744. The SMILES string of the molecule is CC(=O)c1n[nH]c(=O)c2cc(C(C)C)nn12. The number of aromatic nitrogens is 4. The molecule has 2 rings (SSSR count). The molecule has 6 heteroatoms. The van der Waals surface area contributed by atoms with Crippen molar-refractivity contribution in [1.29, 1.82) is 0 Å². The molecule has 0 saturated carbocycles. The van der Waals surface area contributed by atoms with Crippen molar-refractivity contribution in [1.82, 2.24) is 19.8 Å². The standard InChI is InChI=1S/C10H12N4O2/c1-5(2)7-4-8-10(16)12-11-9(6(3)15)14(8)13-7/h4-5H,1-3H3,(H,12,16). The molecule has 0 spiro atoms. The van der Waals surface area contributed by atoms with Crippen LogP contribution in [-0.2, 0) is 0 Å². The average molecular weight is 220 g/mol. The maximum atomic E-state index is 11.5. The van der Waals surface area contributed by atoms with Gasteiger partial charge in [0.1, 0.15) is 5.52 Å². The molecular weight excluding hydrogens is 208 g/mol. The van der Waals surface area contributed by atoms with Crippen molar-refractivity contribution in [2.75, 3.05) is 0 Å². The summed E-state index contributed by atoms with van der Waals surface area (Å²) in [6, 6.07) is 1.68. The van der Waals surface area contributed by atoms with Crippen LogP contribution in [-0.4, -0.2) is 25.6 Å². The highest BCUT2D eigenvalue weighted by atomic mass is 16.1. The van der Waals surface area contributed by atoms with Crippen molar-refractivity contribution in [3.63, 3.8) is 0 Å². The average Bonchev–Trinajstić information content (AvgIpc) is 2.62. The first kappa shape index (κ1) is 10.5. The molecule has 84 valence electrons. The molecule has 0 radical (unpaired) electrons. The summed E-state index contributed by atoms with van der Waals surface area (Å²) in [5.74, 6) is 0.0975. The molecule has 2 aromatic rings. The molecule has 0 fully saturated rings. The highest BCUT2D eigenvalue weighted by molar-refractivity contribution is 5.90. The molecule has 0 unspecified atom stereocenters. The Balaban J connectivity index is 2.83. The highest BCUT2D eigenvalue weighted by Gasteiger charge is 2.14. The van der Waals surface area contributed by atoms with Crippen LogP contribution < -0.4 is 5.56 Å². The molecule has 0 aromatic carbocycles. The maximum absolute atomic E-state index is 11.5. The van der Waals surface area contributed by atoms with Crippen LogP contribution in [0.4, 0.5) is 0 Å². The Hall–Kier alpha value is -1.98. The van der Waals surface area contributed by atoms with Gasteiger partial charge in [0.2, 0.25) is 5.82 Å². The van der Waals surface area contributed by atoms with Crippen LogP contribution in [0, 0.1) is 0 Å².